The molecule has 2 atom stereocenters. The molecule has 1 saturated heterocycles. The first-order valence-corrected chi connectivity index (χ1v) is 6.87. The summed E-state index contributed by atoms with van der Waals surface area (Å²) in [5, 5.41) is 3.01. The molecule has 3 N–H and O–H groups in total. The zero-order valence-electron chi connectivity index (χ0n) is 11.2. The number of likely N-dealkylation sites (tertiary alicyclic amines) is 1. The van der Waals surface area contributed by atoms with E-state index in [1.807, 2.05) is 6.92 Å². The smallest absolute Gasteiger partial charge is 0.224 e. The van der Waals surface area contributed by atoms with Gasteiger partial charge in [0, 0.05) is 25.6 Å². The van der Waals surface area contributed by atoms with Gasteiger partial charge in [0.1, 0.15) is 0 Å². The zero-order valence-corrected chi connectivity index (χ0v) is 11.2. The van der Waals surface area contributed by atoms with Gasteiger partial charge in [0.2, 0.25) is 5.91 Å². The molecule has 0 aromatic rings. The highest BCUT2D eigenvalue weighted by Crippen LogP contribution is 2.10. The van der Waals surface area contributed by atoms with E-state index < -0.39 is 0 Å². The summed E-state index contributed by atoms with van der Waals surface area (Å²) in [6.07, 6.45) is 3.47. The molecule has 1 aliphatic rings. The first-order valence-electron chi connectivity index (χ1n) is 6.87. The van der Waals surface area contributed by atoms with E-state index in [0.29, 0.717) is 12.5 Å². The lowest BCUT2D eigenvalue weighted by Gasteiger charge is -2.21. The van der Waals surface area contributed by atoms with Crippen molar-refractivity contribution < 1.29 is 4.79 Å². The van der Waals surface area contributed by atoms with E-state index in [2.05, 4.69) is 17.1 Å². The summed E-state index contributed by atoms with van der Waals surface area (Å²) < 4.78 is 0. The number of carbonyl (C=O) groups is 1. The quantitative estimate of drug-likeness (QED) is 0.694. The average molecular weight is 241 g/mol. The van der Waals surface area contributed by atoms with E-state index in [1.54, 1.807) is 0 Å². The first kappa shape index (κ1) is 14.5. The minimum absolute atomic E-state index is 0.0195. The monoisotopic (exact) mass is 241 g/mol. The SMILES string of the molecule is CCC(CN)C(=O)NCC(C)CN1CCCC1. The Morgan fingerprint density at radius 1 is 1.41 bits per heavy atom. The van der Waals surface area contributed by atoms with Crippen LogP contribution in [0.15, 0.2) is 0 Å². The molecule has 0 aromatic heterocycles. The molecule has 1 amide bonds. The van der Waals surface area contributed by atoms with Crippen molar-refractivity contribution in [3.8, 4) is 0 Å². The van der Waals surface area contributed by atoms with Crippen LogP contribution >= 0.6 is 0 Å². The Labute approximate surface area is 105 Å². The van der Waals surface area contributed by atoms with E-state index in [1.165, 1.54) is 25.9 Å². The Morgan fingerprint density at radius 3 is 2.59 bits per heavy atom. The van der Waals surface area contributed by atoms with E-state index >= 15 is 0 Å². The summed E-state index contributed by atoms with van der Waals surface area (Å²) in [7, 11) is 0. The van der Waals surface area contributed by atoms with Crippen molar-refractivity contribution in [1.29, 1.82) is 0 Å². The van der Waals surface area contributed by atoms with Gasteiger partial charge in [-0.15, -0.1) is 0 Å². The van der Waals surface area contributed by atoms with Crippen LogP contribution in [0.3, 0.4) is 0 Å². The normalized spacial score (nSPS) is 20.2. The van der Waals surface area contributed by atoms with Gasteiger partial charge in [-0.2, -0.15) is 0 Å². The second kappa shape index (κ2) is 7.67. The summed E-state index contributed by atoms with van der Waals surface area (Å²) in [6.45, 7) is 8.96. The molecule has 0 aliphatic carbocycles. The highest BCUT2D eigenvalue weighted by atomic mass is 16.1. The number of hydrogen-bond acceptors (Lipinski definition) is 3. The van der Waals surface area contributed by atoms with Crippen LogP contribution in [0.4, 0.5) is 0 Å². The molecule has 2 unspecified atom stereocenters. The highest BCUT2D eigenvalue weighted by Gasteiger charge is 2.17. The lowest BCUT2D eigenvalue weighted by molar-refractivity contribution is -0.124. The Hall–Kier alpha value is -0.610. The Bertz CT molecular complexity index is 223. The number of carbonyl (C=O) groups excluding carboxylic acids is 1. The van der Waals surface area contributed by atoms with Gasteiger partial charge in [-0.25, -0.2) is 0 Å². The Balaban J connectivity index is 2.17. The van der Waals surface area contributed by atoms with Crippen LogP contribution in [-0.4, -0.2) is 43.5 Å². The van der Waals surface area contributed by atoms with Gasteiger partial charge < -0.3 is 16.0 Å². The van der Waals surface area contributed by atoms with Crippen LogP contribution in [-0.2, 0) is 4.79 Å². The molecule has 1 rings (SSSR count). The van der Waals surface area contributed by atoms with Gasteiger partial charge in [-0.3, -0.25) is 4.79 Å². The van der Waals surface area contributed by atoms with E-state index in [-0.39, 0.29) is 11.8 Å². The van der Waals surface area contributed by atoms with Crippen molar-refractivity contribution in [2.75, 3.05) is 32.7 Å². The van der Waals surface area contributed by atoms with Gasteiger partial charge in [0.15, 0.2) is 0 Å². The maximum atomic E-state index is 11.7. The summed E-state index contributed by atoms with van der Waals surface area (Å²) in [5.74, 6) is 0.615. The van der Waals surface area contributed by atoms with Crippen LogP contribution < -0.4 is 11.1 Å². The Kier molecular flexibility index (Phi) is 6.52. The van der Waals surface area contributed by atoms with Gasteiger partial charge >= 0.3 is 0 Å². The summed E-state index contributed by atoms with van der Waals surface area (Å²) in [6, 6.07) is 0. The predicted molar refractivity (Wildman–Crippen MR) is 70.7 cm³/mol. The van der Waals surface area contributed by atoms with Crippen molar-refractivity contribution in [1.82, 2.24) is 10.2 Å². The predicted octanol–water partition coefficient (Wildman–Crippen LogP) is 0.819. The van der Waals surface area contributed by atoms with Gasteiger partial charge in [-0.05, 0) is 38.3 Å². The fourth-order valence-corrected chi connectivity index (χ4v) is 2.35. The molecular formula is C13H27N3O. The van der Waals surface area contributed by atoms with Gasteiger partial charge in [0.25, 0.3) is 0 Å². The Morgan fingerprint density at radius 2 is 2.06 bits per heavy atom. The summed E-state index contributed by atoms with van der Waals surface area (Å²) >= 11 is 0. The van der Waals surface area contributed by atoms with Crippen molar-refractivity contribution in [2.24, 2.45) is 17.6 Å². The van der Waals surface area contributed by atoms with Gasteiger partial charge in [-0.1, -0.05) is 13.8 Å². The summed E-state index contributed by atoms with van der Waals surface area (Å²) in [5.41, 5.74) is 5.55. The van der Waals surface area contributed by atoms with Crippen molar-refractivity contribution in [3.05, 3.63) is 0 Å². The van der Waals surface area contributed by atoms with Crippen molar-refractivity contribution in [2.45, 2.75) is 33.1 Å². The van der Waals surface area contributed by atoms with Gasteiger partial charge in [0.05, 0.1) is 0 Å². The van der Waals surface area contributed by atoms with Crippen molar-refractivity contribution in [3.63, 3.8) is 0 Å². The number of nitrogens with one attached hydrogen (secondary N) is 1. The molecule has 1 aliphatic heterocycles. The maximum Gasteiger partial charge on any atom is 0.224 e. The summed E-state index contributed by atoms with van der Waals surface area (Å²) in [4.78, 5) is 14.2. The molecule has 0 radical (unpaired) electrons. The molecule has 1 heterocycles. The van der Waals surface area contributed by atoms with E-state index in [0.717, 1.165) is 19.5 Å². The largest absolute Gasteiger partial charge is 0.356 e. The van der Waals surface area contributed by atoms with Crippen LogP contribution in [0.2, 0.25) is 0 Å². The number of rotatable bonds is 7. The third kappa shape index (κ3) is 5.04. The minimum atomic E-state index is -0.0195. The molecule has 0 aromatic carbocycles. The van der Waals surface area contributed by atoms with Crippen LogP contribution in [0.5, 0.6) is 0 Å². The molecule has 4 heteroatoms. The minimum Gasteiger partial charge on any atom is -0.356 e. The van der Waals surface area contributed by atoms with Crippen molar-refractivity contribution >= 4 is 5.91 Å². The highest BCUT2D eigenvalue weighted by molar-refractivity contribution is 5.78. The molecule has 1 fully saturated rings. The standard InChI is InChI=1S/C13H27N3O/c1-3-12(8-14)13(17)15-9-11(2)10-16-6-4-5-7-16/h11-12H,3-10,14H2,1-2H3,(H,15,17). The fraction of sp³-hybridized carbons (Fsp3) is 0.923. The lowest BCUT2D eigenvalue weighted by atomic mass is 10.1. The molecule has 0 saturated carbocycles. The molecular weight excluding hydrogens is 214 g/mol. The third-order valence-corrected chi connectivity index (χ3v) is 3.54. The molecule has 4 nitrogen and oxygen atoms in total. The lowest BCUT2D eigenvalue weighted by Crippen LogP contribution is -2.39. The molecule has 0 spiro atoms. The third-order valence-electron chi connectivity index (χ3n) is 3.54. The van der Waals surface area contributed by atoms with Crippen LogP contribution in [0, 0.1) is 11.8 Å². The number of hydrogen-bond donors (Lipinski definition) is 2. The second-order valence-electron chi connectivity index (χ2n) is 5.20. The molecule has 100 valence electrons. The molecule has 0 bridgehead atoms. The topological polar surface area (TPSA) is 58.4 Å². The second-order valence-corrected chi connectivity index (χ2v) is 5.20. The zero-order chi connectivity index (χ0) is 12.7. The number of nitrogens with zero attached hydrogens (tertiary/aromatic N) is 1. The number of amides is 1. The van der Waals surface area contributed by atoms with E-state index in [9.17, 15) is 4.79 Å². The average Bonchev–Trinajstić information content (AvgIpc) is 2.81. The first-order chi connectivity index (χ1) is 8.17. The van der Waals surface area contributed by atoms with Crippen LogP contribution in [0.25, 0.3) is 0 Å². The molecule has 17 heavy (non-hydrogen) atoms. The fourth-order valence-electron chi connectivity index (χ4n) is 2.35. The van der Waals surface area contributed by atoms with E-state index in [4.69, 9.17) is 5.73 Å². The maximum absolute atomic E-state index is 11.7. The van der Waals surface area contributed by atoms with Crippen LogP contribution in [0.1, 0.15) is 33.1 Å². The number of nitrogens with two attached hydrogens (primary N) is 1.